The summed E-state index contributed by atoms with van der Waals surface area (Å²) >= 11 is 0. The predicted octanol–water partition coefficient (Wildman–Crippen LogP) is 2.81. The summed E-state index contributed by atoms with van der Waals surface area (Å²) in [6.45, 7) is 2.50. The van der Waals surface area contributed by atoms with Crippen LogP contribution < -0.4 is 0 Å². The molecule has 1 N–H and O–H groups in total. The van der Waals surface area contributed by atoms with Crippen LogP contribution in [0.4, 0.5) is 0 Å². The molecule has 6 heteroatoms. The Morgan fingerprint density at radius 3 is 2.67 bits per heavy atom. The van der Waals surface area contributed by atoms with Gasteiger partial charge in [-0.1, -0.05) is 18.2 Å². The summed E-state index contributed by atoms with van der Waals surface area (Å²) in [4.78, 5) is 2.30. The number of likely N-dealkylation sites (tertiary alicyclic amines) is 1. The van der Waals surface area contributed by atoms with Crippen molar-refractivity contribution in [3.8, 4) is 11.5 Å². The molecule has 0 unspecified atom stereocenters. The molecular formula is C18H19N3O3. The first kappa shape index (κ1) is 15.1. The van der Waals surface area contributed by atoms with Crippen LogP contribution in [-0.4, -0.2) is 33.3 Å². The third-order valence-electron chi connectivity index (χ3n) is 4.34. The first-order valence-corrected chi connectivity index (χ1v) is 8.11. The summed E-state index contributed by atoms with van der Waals surface area (Å²) in [6, 6.07) is 13.5. The van der Waals surface area contributed by atoms with E-state index in [1.807, 2.05) is 42.5 Å². The Kier molecular flexibility index (Phi) is 4.15. The zero-order valence-electron chi connectivity index (χ0n) is 13.3. The third kappa shape index (κ3) is 3.11. The summed E-state index contributed by atoms with van der Waals surface area (Å²) in [5.74, 6) is 3.00. The van der Waals surface area contributed by atoms with E-state index >= 15 is 0 Å². The number of furan rings is 1. The van der Waals surface area contributed by atoms with Crippen LogP contribution in [0, 0.1) is 0 Å². The second-order valence-corrected chi connectivity index (χ2v) is 6.06. The molecule has 6 nitrogen and oxygen atoms in total. The van der Waals surface area contributed by atoms with Gasteiger partial charge in [-0.2, -0.15) is 0 Å². The van der Waals surface area contributed by atoms with Crippen molar-refractivity contribution in [1.82, 2.24) is 15.1 Å². The second kappa shape index (κ2) is 6.59. The number of aromatic nitrogens is 2. The molecule has 0 spiro atoms. The Bertz CT molecular complexity index is 797. The largest absolute Gasteiger partial charge is 0.462 e. The molecular weight excluding hydrogens is 306 g/mol. The molecule has 1 aliphatic rings. The number of hydrogen-bond donors (Lipinski definition) is 1. The maximum absolute atomic E-state index is 9.06. The van der Waals surface area contributed by atoms with Gasteiger partial charge in [-0.3, -0.25) is 4.90 Å². The van der Waals surface area contributed by atoms with Gasteiger partial charge in [0.15, 0.2) is 0 Å². The highest BCUT2D eigenvalue weighted by Crippen LogP contribution is 2.29. The molecule has 0 saturated carbocycles. The fourth-order valence-corrected chi connectivity index (χ4v) is 3.09. The molecule has 4 rings (SSSR count). The maximum atomic E-state index is 9.06. The quantitative estimate of drug-likeness (QED) is 0.777. The highest BCUT2D eigenvalue weighted by atomic mass is 16.4. The van der Waals surface area contributed by atoms with Gasteiger partial charge in [0.05, 0.1) is 12.5 Å². The fraction of sp³-hybridized carbons (Fsp3) is 0.333. The lowest BCUT2D eigenvalue weighted by molar-refractivity contribution is 0.231. The Hall–Kier alpha value is -2.44. The summed E-state index contributed by atoms with van der Waals surface area (Å²) in [5.41, 5.74) is 0.943. The van der Waals surface area contributed by atoms with Crippen LogP contribution in [0.15, 0.2) is 51.3 Å². The van der Waals surface area contributed by atoms with Gasteiger partial charge in [-0.25, -0.2) is 0 Å². The van der Waals surface area contributed by atoms with Gasteiger partial charge in [0.1, 0.15) is 18.1 Å². The Balaban J connectivity index is 1.41. The number of benzene rings is 1. The highest BCUT2D eigenvalue weighted by Gasteiger charge is 2.28. The zero-order chi connectivity index (χ0) is 16.4. The smallest absolute Gasteiger partial charge is 0.247 e. The van der Waals surface area contributed by atoms with E-state index in [-0.39, 0.29) is 12.5 Å². The molecule has 3 aromatic rings. The molecule has 1 aliphatic heterocycles. The number of hydrogen-bond acceptors (Lipinski definition) is 6. The molecule has 0 bridgehead atoms. The van der Waals surface area contributed by atoms with Gasteiger partial charge in [0.25, 0.3) is 0 Å². The molecule has 1 atom stereocenters. The molecule has 2 aromatic heterocycles. The van der Waals surface area contributed by atoms with Gasteiger partial charge in [0.2, 0.25) is 11.8 Å². The van der Waals surface area contributed by atoms with Crippen LogP contribution in [0.2, 0.25) is 0 Å². The SMILES string of the molecule is OCc1ccc(CN2CC[C@H](c3nnc(-c4ccccc4)o3)C2)o1. The molecule has 0 amide bonds. The van der Waals surface area contributed by atoms with Gasteiger partial charge in [0, 0.05) is 12.1 Å². The van der Waals surface area contributed by atoms with Crippen LogP contribution >= 0.6 is 0 Å². The average Bonchev–Trinajstić information content (AvgIpc) is 3.36. The van der Waals surface area contributed by atoms with E-state index in [0.29, 0.717) is 17.5 Å². The van der Waals surface area contributed by atoms with E-state index in [1.165, 1.54) is 0 Å². The van der Waals surface area contributed by atoms with Gasteiger partial charge in [-0.05, 0) is 37.2 Å². The number of aliphatic hydroxyl groups excluding tert-OH is 1. The van der Waals surface area contributed by atoms with Crippen molar-refractivity contribution in [1.29, 1.82) is 0 Å². The minimum atomic E-state index is -0.0626. The molecule has 3 heterocycles. The first-order chi connectivity index (χ1) is 11.8. The van der Waals surface area contributed by atoms with E-state index in [1.54, 1.807) is 0 Å². The van der Waals surface area contributed by atoms with Gasteiger partial charge < -0.3 is 13.9 Å². The fourth-order valence-electron chi connectivity index (χ4n) is 3.09. The molecule has 0 aliphatic carbocycles. The van der Waals surface area contributed by atoms with Crippen molar-refractivity contribution in [3.05, 3.63) is 59.9 Å². The topological polar surface area (TPSA) is 75.5 Å². The van der Waals surface area contributed by atoms with Crippen LogP contribution in [0.5, 0.6) is 0 Å². The van der Waals surface area contributed by atoms with E-state index in [2.05, 4.69) is 15.1 Å². The van der Waals surface area contributed by atoms with Crippen molar-refractivity contribution in [2.45, 2.75) is 25.5 Å². The lowest BCUT2D eigenvalue weighted by atomic mass is 10.1. The van der Waals surface area contributed by atoms with E-state index in [4.69, 9.17) is 13.9 Å². The Morgan fingerprint density at radius 2 is 1.88 bits per heavy atom. The third-order valence-corrected chi connectivity index (χ3v) is 4.34. The molecule has 24 heavy (non-hydrogen) atoms. The Labute approximate surface area is 139 Å². The summed E-state index contributed by atoms with van der Waals surface area (Å²) in [6.07, 6.45) is 0.990. The van der Waals surface area contributed by atoms with Crippen molar-refractivity contribution in [2.24, 2.45) is 0 Å². The zero-order valence-corrected chi connectivity index (χ0v) is 13.3. The standard InChI is InChI=1S/C18H19N3O3/c22-12-16-7-6-15(23-16)11-21-9-8-14(10-21)18-20-19-17(24-18)13-4-2-1-3-5-13/h1-7,14,22H,8-12H2/t14-/m0/s1. The monoisotopic (exact) mass is 325 g/mol. The number of aliphatic hydroxyl groups is 1. The van der Waals surface area contributed by atoms with Gasteiger partial charge in [-0.15, -0.1) is 10.2 Å². The molecule has 0 radical (unpaired) electrons. The summed E-state index contributed by atoms with van der Waals surface area (Å²) in [5, 5.41) is 17.5. The van der Waals surface area contributed by atoms with Crippen LogP contribution in [-0.2, 0) is 13.2 Å². The lowest BCUT2D eigenvalue weighted by Crippen LogP contribution is -2.19. The van der Waals surface area contributed by atoms with Crippen molar-refractivity contribution >= 4 is 0 Å². The van der Waals surface area contributed by atoms with Gasteiger partial charge >= 0.3 is 0 Å². The second-order valence-electron chi connectivity index (χ2n) is 6.06. The van der Waals surface area contributed by atoms with Crippen molar-refractivity contribution in [3.63, 3.8) is 0 Å². The molecule has 1 saturated heterocycles. The lowest BCUT2D eigenvalue weighted by Gasteiger charge is -2.13. The minimum Gasteiger partial charge on any atom is -0.462 e. The molecule has 124 valence electrons. The molecule has 1 aromatic carbocycles. The molecule has 1 fully saturated rings. The van der Waals surface area contributed by atoms with E-state index < -0.39 is 0 Å². The van der Waals surface area contributed by atoms with Crippen LogP contribution in [0.25, 0.3) is 11.5 Å². The maximum Gasteiger partial charge on any atom is 0.247 e. The minimum absolute atomic E-state index is 0.0626. The van der Waals surface area contributed by atoms with Crippen LogP contribution in [0.1, 0.15) is 29.7 Å². The van der Waals surface area contributed by atoms with Crippen molar-refractivity contribution < 1.29 is 13.9 Å². The number of rotatable bonds is 5. The average molecular weight is 325 g/mol. The summed E-state index contributed by atoms with van der Waals surface area (Å²) < 4.78 is 11.4. The van der Waals surface area contributed by atoms with Crippen molar-refractivity contribution in [2.75, 3.05) is 13.1 Å². The van der Waals surface area contributed by atoms with E-state index in [0.717, 1.165) is 37.4 Å². The van der Waals surface area contributed by atoms with Crippen LogP contribution in [0.3, 0.4) is 0 Å². The first-order valence-electron chi connectivity index (χ1n) is 8.11. The van der Waals surface area contributed by atoms with E-state index in [9.17, 15) is 0 Å². The normalized spacial score (nSPS) is 18.3. The highest BCUT2D eigenvalue weighted by molar-refractivity contribution is 5.51. The number of nitrogens with zero attached hydrogens (tertiary/aromatic N) is 3. The summed E-state index contributed by atoms with van der Waals surface area (Å²) in [7, 11) is 0. The Morgan fingerprint density at radius 1 is 1.04 bits per heavy atom. The predicted molar refractivity (Wildman–Crippen MR) is 87.0 cm³/mol.